The minimum Gasteiger partial charge on any atom is -0.454 e. The number of H-pyrrole nitrogens is 1. The summed E-state index contributed by atoms with van der Waals surface area (Å²) in [5.74, 6) is -0.0197. The number of aromatic amines is 1. The van der Waals surface area contributed by atoms with Gasteiger partial charge in [0.1, 0.15) is 17.3 Å². The number of nitrogens with one attached hydrogen (secondary N) is 1. The number of ether oxygens (including phenoxy) is 1. The number of thiophene rings is 1. The molecule has 0 bridgehead atoms. The van der Waals surface area contributed by atoms with Crippen molar-refractivity contribution in [3.8, 4) is 0 Å². The number of nitrogens with zero attached hydrogens (tertiary/aromatic N) is 1. The van der Waals surface area contributed by atoms with Crippen LogP contribution in [0.1, 0.15) is 44.2 Å². The van der Waals surface area contributed by atoms with Gasteiger partial charge in [0.25, 0.3) is 5.56 Å². The summed E-state index contributed by atoms with van der Waals surface area (Å²) in [6.07, 6.45) is 3.07. The number of carbonyl (C=O) groups excluding carboxylic acids is 1. The maximum Gasteiger partial charge on any atom is 0.338 e. The van der Waals surface area contributed by atoms with Gasteiger partial charge in [-0.2, -0.15) is 0 Å². The first-order valence-corrected chi connectivity index (χ1v) is 9.13. The van der Waals surface area contributed by atoms with Crippen LogP contribution in [0.2, 0.25) is 0 Å². The zero-order chi connectivity index (χ0) is 17.6. The van der Waals surface area contributed by atoms with E-state index in [1.807, 2.05) is 26.0 Å². The SMILES string of the molecule is Cc1cccc(C(=O)OCc2nc3sc4c(c3c(=O)[nH]2)CCC4)c1C. The van der Waals surface area contributed by atoms with Gasteiger partial charge < -0.3 is 9.72 Å². The second-order valence-corrected chi connectivity index (χ2v) is 7.46. The third-order valence-corrected chi connectivity index (χ3v) is 5.97. The molecule has 0 aliphatic heterocycles. The van der Waals surface area contributed by atoms with Crippen LogP contribution < -0.4 is 5.56 Å². The molecule has 5 nitrogen and oxygen atoms in total. The van der Waals surface area contributed by atoms with E-state index < -0.39 is 5.97 Å². The molecule has 25 heavy (non-hydrogen) atoms. The molecule has 6 heteroatoms. The Hall–Kier alpha value is -2.47. The minimum absolute atomic E-state index is 0.0417. The third-order valence-electron chi connectivity index (χ3n) is 4.79. The van der Waals surface area contributed by atoms with E-state index in [0.717, 1.165) is 40.8 Å². The zero-order valence-corrected chi connectivity index (χ0v) is 15.0. The first-order valence-electron chi connectivity index (χ1n) is 8.31. The summed E-state index contributed by atoms with van der Waals surface area (Å²) in [4.78, 5) is 34.0. The molecule has 128 valence electrons. The van der Waals surface area contributed by atoms with Gasteiger partial charge in [0.15, 0.2) is 0 Å². The monoisotopic (exact) mass is 354 g/mol. The highest BCUT2D eigenvalue weighted by Crippen LogP contribution is 2.34. The van der Waals surface area contributed by atoms with Gasteiger partial charge in [-0.3, -0.25) is 4.79 Å². The van der Waals surface area contributed by atoms with Crippen LogP contribution in [0.15, 0.2) is 23.0 Å². The van der Waals surface area contributed by atoms with E-state index in [1.54, 1.807) is 17.4 Å². The van der Waals surface area contributed by atoms with Crippen molar-refractivity contribution in [2.45, 2.75) is 39.7 Å². The fourth-order valence-electron chi connectivity index (χ4n) is 3.30. The van der Waals surface area contributed by atoms with Gasteiger partial charge in [-0.05, 0) is 55.9 Å². The highest BCUT2D eigenvalue weighted by atomic mass is 32.1. The van der Waals surface area contributed by atoms with Gasteiger partial charge in [-0.15, -0.1) is 11.3 Å². The van der Waals surface area contributed by atoms with Crippen LogP contribution in [-0.4, -0.2) is 15.9 Å². The van der Waals surface area contributed by atoms with Gasteiger partial charge >= 0.3 is 5.97 Å². The van der Waals surface area contributed by atoms with Crippen molar-refractivity contribution in [2.24, 2.45) is 0 Å². The van der Waals surface area contributed by atoms with Crippen LogP contribution in [0.25, 0.3) is 10.2 Å². The molecule has 3 aromatic rings. The fraction of sp³-hybridized carbons (Fsp3) is 0.316. The van der Waals surface area contributed by atoms with Crippen molar-refractivity contribution in [1.29, 1.82) is 0 Å². The van der Waals surface area contributed by atoms with Crippen LogP contribution in [0.3, 0.4) is 0 Å². The summed E-state index contributed by atoms with van der Waals surface area (Å²) in [5.41, 5.74) is 3.49. The molecule has 4 rings (SSSR count). The first-order chi connectivity index (χ1) is 12.0. The largest absolute Gasteiger partial charge is 0.454 e. The lowest BCUT2D eigenvalue weighted by molar-refractivity contribution is 0.0461. The average Bonchev–Trinajstić information content (AvgIpc) is 3.15. The quantitative estimate of drug-likeness (QED) is 0.731. The van der Waals surface area contributed by atoms with Crippen molar-refractivity contribution >= 4 is 27.5 Å². The predicted octanol–water partition coefficient (Wildman–Crippen LogP) is 3.45. The van der Waals surface area contributed by atoms with E-state index in [0.29, 0.717) is 16.8 Å². The van der Waals surface area contributed by atoms with Crippen LogP contribution in [0.4, 0.5) is 0 Å². The second kappa shape index (κ2) is 6.11. The number of benzene rings is 1. The molecule has 0 saturated carbocycles. The van der Waals surface area contributed by atoms with Crippen molar-refractivity contribution in [1.82, 2.24) is 9.97 Å². The Kier molecular flexibility index (Phi) is 3.92. The molecule has 0 radical (unpaired) electrons. The fourth-order valence-corrected chi connectivity index (χ4v) is 4.58. The van der Waals surface area contributed by atoms with Gasteiger partial charge in [0.05, 0.1) is 10.9 Å². The van der Waals surface area contributed by atoms with E-state index in [2.05, 4.69) is 9.97 Å². The third kappa shape index (κ3) is 2.76. The molecule has 0 saturated heterocycles. The van der Waals surface area contributed by atoms with E-state index in [1.165, 1.54) is 4.88 Å². The standard InChI is InChI=1S/C19H18N2O3S/c1-10-5-3-6-12(11(10)2)19(23)24-9-15-20-17(22)16-13-7-4-8-14(13)25-18(16)21-15/h3,5-6H,4,7-9H2,1-2H3,(H,20,21,22). The molecule has 2 heterocycles. The Balaban J connectivity index is 1.58. The first kappa shape index (κ1) is 16.0. The average molecular weight is 354 g/mol. The van der Waals surface area contributed by atoms with Crippen LogP contribution in [-0.2, 0) is 24.2 Å². The smallest absolute Gasteiger partial charge is 0.338 e. The Morgan fingerprint density at radius 3 is 3.00 bits per heavy atom. The lowest BCUT2D eigenvalue weighted by Crippen LogP contribution is -2.15. The Morgan fingerprint density at radius 2 is 2.16 bits per heavy atom. The number of carbonyl (C=O) groups is 1. The summed E-state index contributed by atoms with van der Waals surface area (Å²) in [7, 11) is 0. The minimum atomic E-state index is -0.405. The molecule has 0 spiro atoms. The van der Waals surface area contributed by atoms with Crippen LogP contribution in [0.5, 0.6) is 0 Å². The number of aryl methyl sites for hydroxylation is 3. The van der Waals surface area contributed by atoms with E-state index >= 15 is 0 Å². The molecule has 1 aliphatic rings. The maximum atomic E-state index is 12.4. The molecule has 0 atom stereocenters. The summed E-state index contributed by atoms with van der Waals surface area (Å²) < 4.78 is 5.36. The molecular formula is C19H18N2O3S. The number of hydrogen-bond donors (Lipinski definition) is 1. The Labute approximate surface area is 148 Å². The molecule has 1 N–H and O–H groups in total. The van der Waals surface area contributed by atoms with Gasteiger partial charge in [0.2, 0.25) is 0 Å². The number of rotatable bonds is 3. The molecule has 0 fully saturated rings. The van der Waals surface area contributed by atoms with Crippen LogP contribution >= 0.6 is 11.3 Å². The lowest BCUT2D eigenvalue weighted by Gasteiger charge is -2.08. The van der Waals surface area contributed by atoms with E-state index in [9.17, 15) is 9.59 Å². The molecular weight excluding hydrogens is 336 g/mol. The summed E-state index contributed by atoms with van der Waals surface area (Å²) >= 11 is 1.58. The van der Waals surface area contributed by atoms with Crippen molar-refractivity contribution in [3.05, 3.63) is 61.5 Å². The normalized spacial score (nSPS) is 13.2. The molecule has 0 amide bonds. The Morgan fingerprint density at radius 1 is 1.32 bits per heavy atom. The zero-order valence-electron chi connectivity index (χ0n) is 14.1. The predicted molar refractivity (Wildman–Crippen MR) is 97.3 cm³/mol. The Bertz CT molecular complexity index is 1050. The topological polar surface area (TPSA) is 72.0 Å². The summed E-state index contributed by atoms with van der Waals surface area (Å²) in [6, 6.07) is 5.53. The van der Waals surface area contributed by atoms with Gasteiger partial charge in [-0.25, -0.2) is 9.78 Å². The highest BCUT2D eigenvalue weighted by Gasteiger charge is 2.21. The number of hydrogen-bond acceptors (Lipinski definition) is 5. The highest BCUT2D eigenvalue weighted by molar-refractivity contribution is 7.18. The van der Waals surface area contributed by atoms with Gasteiger partial charge in [0, 0.05) is 4.88 Å². The lowest BCUT2D eigenvalue weighted by atomic mass is 10.0. The van der Waals surface area contributed by atoms with Crippen molar-refractivity contribution in [2.75, 3.05) is 0 Å². The number of aromatic nitrogens is 2. The van der Waals surface area contributed by atoms with Crippen molar-refractivity contribution in [3.63, 3.8) is 0 Å². The molecule has 1 aliphatic carbocycles. The number of fused-ring (bicyclic) bond motifs is 3. The molecule has 2 aromatic heterocycles. The maximum absolute atomic E-state index is 12.4. The molecule has 1 aromatic carbocycles. The number of esters is 1. The second-order valence-electron chi connectivity index (χ2n) is 6.37. The van der Waals surface area contributed by atoms with E-state index in [4.69, 9.17) is 4.74 Å². The summed E-state index contributed by atoms with van der Waals surface area (Å²) in [6.45, 7) is 3.81. The van der Waals surface area contributed by atoms with Gasteiger partial charge in [-0.1, -0.05) is 12.1 Å². The summed E-state index contributed by atoms with van der Waals surface area (Å²) in [5, 5.41) is 0.710. The van der Waals surface area contributed by atoms with E-state index in [-0.39, 0.29) is 12.2 Å². The van der Waals surface area contributed by atoms with Crippen molar-refractivity contribution < 1.29 is 9.53 Å². The molecule has 0 unspecified atom stereocenters. The van der Waals surface area contributed by atoms with Crippen LogP contribution in [0, 0.1) is 13.8 Å².